The highest BCUT2D eigenvalue weighted by atomic mass is 35.5. The van der Waals surface area contributed by atoms with Gasteiger partial charge in [-0.3, -0.25) is 5.43 Å². The third kappa shape index (κ3) is 3.16. The molecule has 1 aromatic heterocycles. The molecule has 0 unspecified atom stereocenters. The van der Waals surface area contributed by atoms with Crippen LogP contribution in [0.4, 0.5) is 21.8 Å². The first-order valence-electron chi connectivity index (χ1n) is 4.92. The Bertz CT molecular complexity index is 599. The summed E-state index contributed by atoms with van der Waals surface area (Å²) in [6.07, 6.45) is 1.34. The molecular weight excluding hydrogens is 316 g/mol. The number of benzene rings is 1. The zero-order valence-corrected chi connectivity index (χ0v) is 11.5. The molecule has 1 heterocycles. The van der Waals surface area contributed by atoms with Gasteiger partial charge in [-0.25, -0.2) is 15.2 Å². The van der Waals surface area contributed by atoms with E-state index in [1.165, 1.54) is 6.20 Å². The van der Waals surface area contributed by atoms with Crippen LogP contribution in [-0.2, 0) is 0 Å². The number of halogens is 4. The molecular formula is C10H7Cl3FN5. The monoisotopic (exact) mass is 321 g/mol. The molecule has 0 atom stereocenters. The molecule has 0 saturated carbocycles. The first-order valence-corrected chi connectivity index (χ1v) is 6.05. The number of aromatic nitrogens is 2. The Morgan fingerprint density at radius 3 is 2.32 bits per heavy atom. The van der Waals surface area contributed by atoms with E-state index in [0.29, 0.717) is 0 Å². The fraction of sp³-hybridized carbons (Fsp3) is 0. The van der Waals surface area contributed by atoms with Gasteiger partial charge in [0.05, 0.1) is 21.9 Å². The lowest BCUT2D eigenvalue weighted by Gasteiger charge is -2.11. The topological polar surface area (TPSA) is 75.9 Å². The number of nitrogens with one attached hydrogen (secondary N) is 2. The average molecular weight is 323 g/mol. The Kier molecular flexibility index (Phi) is 4.26. The summed E-state index contributed by atoms with van der Waals surface area (Å²) in [6.45, 7) is 0. The van der Waals surface area contributed by atoms with Crippen molar-refractivity contribution in [3.05, 3.63) is 39.2 Å². The summed E-state index contributed by atoms with van der Waals surface area (Å²) in [5, 5.41) is 3.23. The molecule has 100 valence electrons. The lowest BCUT2D eigenvalue weighted by Crippen LogP contribution is -2.11. The van der Waals surface area contributed by atoms with Crippen LogP contribution in [-0.4, -0.2) is 9.97 Å². The van der Waals surface area contributed by atoms with Crippen molar-refractivity contribution in [2.24, 2.45) is 5.84 Å². The number of nitrogens with two attached hydrogens (primary N) is 1. The van der Waals surface area contributed by atoms with Crippen molar-refractivity contribution in [2.75, 3.05) is 10.7 Å². The number of rotatable bonds is 3. The summed E-state index contributed by atoms with van der Waals surface area (Å²) in [6, 6.07) is 2.24. The molecule has 0 aliphatic carbocycles. The Hall–Kier alpha value is -1.34. The summed E-state index contributed by atoms with van der Waals surface area (Å²) in [7, 11) is 0. The molecule has 4 N–H and O–H groups in total. The number of nitrogen functional groups attached to an aromatic ring is 1. The Morgan fingerprint density at radius 2 is 1.74 bits per heavy atom. The van der Waals surface area contributed by atoms with Gasteiger partial charge >= 0.3 is 0 Å². The fourth-order valence-corrected chi connectivity index (χ4v) is 2.00. The second-order valence-corrected chi connectivity index (χ2v) is 4.63. The van der Waals surface area contributed by atoms with Gasteiger partial charge in [0, 0.05) is 0 Å². The number of hydrogen-bond acceptors (Lipinski definition) is 5. The molecule has 0 fully saturated rings. The highest BCUT2D eigenvalue weighted by Crippen LogP contribution is 2.35. The average Bonchev–Trinajstić information content (AvgIpc) is 2.35. The van der Waals surface area contributed by atoms with Crippen molar-refractivity contribution in [1.82, 2.24) is 9.97 Å². The third-order valence-electron chi connectivity index (χ3n) is 2.12. The van der Waals surface area contributed by atoms with Crippen molar-refractivity contribution in [3.8, 4) is 0 Å². The lowest BCUT2D eigenvalue weighted by atomic mass is 10.3. The van der Waals surface area contributed by atoms with Gasteiger partial charge in [0.25, 0.3) is 0 Å². The van der Waals surface area contributed by atoms with Gasteiger partial charge < -0.3 is 5.32 Å². The molecule has 0 spiro atoms. The van der Waals surface area contributed by atoms with Gasteiger partial charge in [-0.2, -0.15) is 4.98 Å². The van der Waals surface area contributed by atoms with Crippen LogP contribution in [0.5, 0.6) is 0 Å². The van der Waals surface area contributed by atoms with E-state index in [1.54, 1.807) is 0 Å². The molecule has 0 aliphatic heterocycles. The molecule has 9 heteroatoms. The van der Waals surface area contributed by atoms with E-state index in [4.69, 9.17) is 40.6 Å². The SMILES string of the molecule is NNc1ncc(Cl)c(Nc2c(Cl)cc(F)cc2Cl)n1. The van der Waals surface area contributed by atoms with E-state index < -0.39 is 5.82 Å². The molecule has 0 saturated heterocycles. The maximum absolute atomic E-state index is 13.1. The molecule has 0 bridgehead atoms. The highest BCUT2D eigenvalue weighted by molar-refractivity contribution is 6.39. The molecule has 0 amide bonds. The van der Waals surface area contributed by atoms with Gasteiger partial charge in [-0.15, -0.1) is 0 Å². The smallest absolute Gasteiger partial charge is 0.239 e. The molecule has 0 radical (unpaired) electrons. The number of hydrogen-bond donors (Lipinski definition) is 3. The Balaban J connectivity index is 2.41. The van der Waals surface area contributed by atoms with E-state index in [0.717, 1.165) is 12.1 Å². The largest absolute Gasteiger partial charge is 0.336 e. The van der Waals surface area contributed by atoms with Crippen LogP contribution >= 0.6 is 34.8 Å². The fourth-order valence-electron chi connectivity index (χ4n) is 1.30. The summed E-state index contributed by atoms with van der Waals surface area (Å²) < 4.78 is 13.1. The zero-order valence-electron chi connectivity index (χ0n) is 9.22. The van der Waals surface area contributed by atoms with Crippen LogP contribution in [0.1, 0.15) is 0 Å². The number of nitrogens with zero attached hydrogens (tertiary/aromatic N) is 2. The predicted molar refractivity (Wildman–Crippen MR) is 74.6 cm³/mol. The van der Waals surface area contributed by atoms with Crippen LogP contribution < -0.4 is 16.6 Å². The number of hydrazine groups is 1. The normalized spacial score (nSPS) is 10.4. The van der Waals surface area contributed by atoms with E-state index in [1.807, 2.05) is 0 Å². The zero-order chi connectivity index (χ0) is 14.0. The second kappa shape index (κ2) is 5.75. The maximum atomic E-state index is 13.1. The second-order valence-electron chi connectivity index (χ2n) is 3.40. The lowest BCUT2D eigenvalue weighted by molar-refractivity contribution is 0.628. The summed E-state index contributed by atoms with van der Waals surface area (Å²) in [4.78, 5) is 7.80. The van der Waals surface area contributed by atoms with Crippen molar-refractivity contribution in [3.63, 3.8) is 0 Å². The minimum atomic E-state index is -0.543. The van der Waals surface area contributed by atoms with E-state index in [9.17, 15) is 4.39 Å². The summed E-state index contributed by atoms with van der Waals surface area (Å²) in [5.41, 5.74) is 2.56. The van der Waals surface area contributed by atoms with Crippen LogP contribution in [0.15, 0.2) is 18.3 Å². The maximum Gasteiger partial charge on any atom is 0.239 e. The van der Waals surface area contributed by atoms with Gasteiger partial charge in [0.1, 0.15) is 10.8 Å². The molecule has 2 rings (SSSR count). The van der Waals surface area contributed by atoms with Crippen LogP contribution in [0.2, 0.25) is 15.1 Å². The van der Waals surface area contributed by atoms with Gasteiger partial charge in [0.2, 0.25) is 5.95 Å². The highest BCUT2D eigenvalue weighted by Gasteiger charge is 2.12. The molecule has 5 nitrogen and oxygen atoms in total. The standard InChI is InChI=1S/C10H7Cl3FN5/c11-5-1-4(14)2-6(12)8(5)17-9-7(13)3-16-10(18-9)19-15/h1-3H,15H2,(H2,16,17,18,19). The molecule has 19 heavy (non-hydrogen) atoms. The molecule has 0 aliphatic rings. The summed E-state index contributed by atoms with van der Waals surface area (Å²) >= 11 is 17.7. The van der Waals surface area contributed by atoms with Crippen LogP contribution in [0.25, 0.3) is 0 Å². The van der Waals surface area contributed by atoms with Gasteiger partial charge in [-0.05, 0) is 12.1 Å². The van der Waals surface area contributed by atoms with Crippen molar-refractivity contribution in [2.45, 2.75) is 0 Å². The van der Waals surface area contributed by atoms with E-state index >= 15 is 0 Å². The van der Waals surface area contributed by atoms with E-state index in [-0.39, 0.29) is 32.5 Å². The quantitative estimate of drug-likeness (QED) is 0.594. The van der Waals surface area contributed by atoms with Crippen LogP contribution in [0.3, 0.4) is 0 Å². The van der Waals surface area contributed by atoms with Crippen molar-refractivity contribution < 1.29 is 4.39 Å². The predicted octanol–water partition coefficient (Wildman–Crippen LogP) is 3.61. The number of anilines is 3. The first kappa shape index (κ1) is 14.1. The molecule has 2 aromatic rings. The first-order chi connectivity index (χ1) is 9.01. The van der Waals surface area contributed by atoms with Crippen molar-refractivity contribution in [1.29, 1.82) is 0 Å². The Labute approximate surface area is 122 Å². The van der Waals surface area contributed by atoms with E-state index in [2.05, 4.69) is 20.7 Å². The molecule has 1 aromatic carbocycles. The minimum Gasteiger partial charge on any atom is -0.336 e. The minimum absolute atomic E-state index is 0.0990. The van der Waals surface area contributed by atoms with Crippen molar-refractivity contribution >= 4 is 52.3 Å². The Morgan fingerprint density at radius 1 is 1.11 bits per heavy atom. The van der Waals surface area contributed by atoms with Gasteiger partial charge in [0.15, 0.2) is 5.82 Å². The summed E-state index contributed by atoms with van der Waals surface area (Å²) in [5.74, 6) is 5.04. The van der Waals surface area contributed by atoms with Crippen LogP contribution in [0, 0.1) is 5.82 Å². The third-order valence-corrected chi connectivity index (χ3v) is 3.00. The van der Waals surface area contributed by atoms with Gasteiger partial charge in [-0.1, -0.05) is 34.8 Å².